The van der Waals surface area contributed by atoms with Crippen molar-refractivity contribution in [1.29, 1.82) is 0 Å². The maximum atomic E-state index is 10.9. The second kappa shape index (κ2) is 6.98. The van der Waals surface area contributed by atoms with Crippen LogP contribution in [0.5, 0.6) is 0 Å². The molecule has 0 aliphatic carbocycles. The zero-order valence-corrected chi connectivity index (χ0v) is 13.5. The quantitative estimate of drug-likeness (QED) is 0.602. The molecule has 0 rings (SSSR count). The molecule has 0 aromatic heterocycles. The molecule has 0 spiro atoms. The van der Waals surface area contributed by atoms with E-state index in [2.05, 4.69) is 8.37 Å². The molecule has 0 heterocycles. The van der Waals surface area contributed by atoms with E-state index in [1.165, 1.54) is 0 Å². The van der Waals surface area contributed by atoms with Crippen molar-refractivity contribution in [2.75, 3.05) is 25.7 Å². The molecule has 0 aliphatic rings. The fourth-order valence-electron chi connectivity index (χ4n) is 1.21. The first-order valence-corrected chi connectivity index (χ1v) is 9.28. The lowest BCUT2D eigenvalue weighted by Gasteiger charge is -2.27. The highest BCUT2D eigenvalue weighted by atomic mass is 32.2. The molecular weight excluding hydrogens is 296 g/mol. The molecule has 0 radical (unpaired) electrons. The third kappa shape index (κ3) is 14.0. The van der Waals surface area contributed by atoms with Gasteiger partial charge in [-0.1, -0.05) is 0 Å². The molecule has 0 amide bonds. The predicted molar refractivity (Wildman–Crippen MR) is 70.8 cm³/mol. The van der Waals surface area contributed by atoms with Crippen molar-refractivity contribution in [3.63, 3.8) is 0 Å². The SMILES string of the molecule is CC(C)(C)OC(CCOS(C)(=O)=O)COS(C)(=O)=O. The van der Waals surface area contributed by atoms with E-state index >= 15 is 0 Å². The molecule has 7 nitrogen and oxygen atoms in total. The van der Waals surface area contributed by atoms with Crippen LogP contribution in [0.4, 0.5) is 0 Å². The average Bonchev–Trinajstić information content (AvgIpc) is 2.08. The van der Waals surface area contributed by atoms with Crippen LogP contribution in [0.2, 0.25) is 0 Å². The van der Waals surface area contributed by atoms with Gasteiger partial charge in [0, 0.05) is 6.42 Å². The summed E-state index contributed by atoms with van der Waals surface area (Å²) in [6.07, 6.45) is 1.52. The standard InChI is InChI=1S/C10H22O7S2/c1-10(2,3)17-9(8-16-19(5,13)14)6-7-15-18(4,11)12/h9H,6-8H2,1-5H3. The molecule has 0 bridgehead atoms. The zero-order valence-electron chi connectivity index (χ0n) is 11.9. The Morgan fingerprint density at radius 2 is 1.42 bits per heavy atom. The fraction of sp³-hybridized carbons (Fsp3) is 1.00. The first-order valence-electron chi connectivity index (χ1n) is 5.65. The molecule has 0 aromatic carbocycles. The van der Waals surface area contributed by atoms with Gasteiger partial charge in [-0.3, -0.25) is 8.37 Å². The summed E-state index contributed by atoms with van der Waals surface area (Å²) >= 11 is 0. The Hall–Kier alpha value is -0.220. The third-order valence-electron chi connectivity index (χ3n) is 1.73. The van der Waals surface area contributed by atoms with Gasteiger partial charge in [-0.2, -0.15) is 16.8 Å². The van der Waals surface area contributed by atoms with Crippen LogP contribution in [-0.2, 0) is 33.3 Å². The van der Waals surface area contributed by atoms with Gasteiger partial charge in [-0.05, 0) is 20.8 Å². The molecule has 0 aromatic rings. The molecule has 0 saturated heterocycles. The minimum absolute atomic E-state index is 0.0906. The molecule has 0 saturated carbocycles. The zero-order chi connectivity index (χ0) is 15.3. The average molecular weight is 318 g/mol. The van der Waals surface area contributed by atoms with Crippen molar-refractivity contribution in [3.05, 3.63) is 0 Å². The minimum Gasteiger partial charge on any atom is -0.370 e. The maximum absolute atomic E-state index is 10.9. The maximum Gasteiger partial charge on any atom is 0.264 e. The van der Waals surface area contributed by atoms with Gasteiger partial charge in [0.2, 0.25) is 0 Å². The lowest BCUT2D eigenvalue weighted by molar-refractivity contribution is -0.0812. The van der Waals surface area contributed by atoms with Gasteiger partial charge < -0.3 is 4.74 Å². The van der Waals surface area contributed by atoms with Gasteiger partial charge in [0.25, 0.3) is 20.2 Å². The van der Waals surface area contributed by atoms with Crippen molar-refractivity contribution < 1.29 is 29.9 Å². The van der Waals surface area contributed by atoms with Crippen LogP contribution in [-0.4, -0.2) is 54.3 Å². The highest BCUT2D eigenvalue weighted by Gasteiger charge is 2.21. The second-order valence-electron chi connectivity index (χ2n) is 5.16. The molecule has 0 N–H and O–H groups in total. The van der Waals surface area contributed by atoms with Crippen LogP contribution >= 0.6 is 0 Å². The van der Waals surface area contributed by atoms with Crippen LogP contribution in [0, 0.1) is 0 Å². The molecule has 1 unspecified atom stereocenters. The third-order valence-corrected chi connectivity index (χ3v) is 2.88. The molecule has 0 aliphatic heterocycles. The normalized spacial score (nSPS) is 15.4. The minimum atomic E-state index is -3.57. The largest absolute Gasteiger partial charge is 0.370 e. The van der Waals surface area contributed by atoms with E-state index in [0.717, 1.165) is 12.5 Å². The smallest absolute Gasteiger partial charge is 0.264 e. The molecule has 1 atom stereocenters. The number of ether oxygens (including phenoxy) is 1. The van der Waals surface area contributed by atoms with E-state index in [1.54, 1.807) is 20.8 Å². The summed E-state index contributed by atoms with van der Waals surface area (Å²) in [6, 6.07) is 0. The number of hydrogen-bond donors (Lipinski definition) is 0. The first kappa shape index (κ1) is 18.8. The molecular formula is C10H22O7S2. The summed E-state index contributed by atoms with van der Waals surface area (Å²) in [6.45, 7) is 5.14. The van der Waals surface area contributed by atoms with Crippen LogP contribution < -0.4 is 0 Å². The summed E-state index contributed by atoms with van der Waals surface area (Å²) in [7, 11) is -7.09. The summed E-state index contributed by atoms with van der Waals surface area (Å²) in [5.74, 6) is 0. The van der Waals surface area contributed by atoms with Gasteiger partial charge >= 0.3 is 0 Å². The van der Waals surface area contributed by atoms with E-state index in [-0.39, 0.29) is 19.6 Å². The van der Waals surface area contributed by atoms with Gasteiger partial charge in [-0.25, -0.2) is 0 Å². The molecule has 116 valence electrons. The van der Waals surface area contributed by atoms with Gasteiger partial charge in [0.15, 0.2) is 0 Å². The van der Waals surface area contributed by atoms with Crippen LogP contribution in [0.25, 0.3) is 0 Å². The monoisotopic (exact) mass is 318 g/mol. The summed E-state index contributed by atoms with van der Waals surface area (Å²) in [5.41, 5.74) is -0.503. The van der Waals surface area contributed by atoms with Crippen molar-refractivity contribution in [2.45, 2.75) is 38.9 Å². The Bertz CT molecular complexity index is 459. The summed E-state index contributed by atoms with van der Waals surface area (Å²) < 4.78 is 58.3. The van der Waals surface area contributed by atoms with E-state index < -0.39 is 31.9 Å². The number of rotatable bonds is 8. The lowest BCUT2D eigenvalue weighted by atomic mass is 10.1. The second-order valence-corrected chi connectivity index (χ2v) is 8.44. The number of hydrogen-bond acceptors (Lipinski definition) is 7. The Morgan fingerprint density at radius 3 is 1.79 bits per heavy atom. The molecule has 0 fully saturated rings. The van der Waals surface area contributed by atoms with E-state index in [0.29, 0.717) is 0 Å². The van der Waals surface area contributed by atoms with Crippen molar-refractivity contribution in [2.24, 2.45) is 0 Å². The van der Waals surface area contributed by atoms with E-state index in [4.69, 9.17) is 4.74 Å². The predicted octanol–water partition coefficient (Wildman–Crippen LogP) is 0.513. The Kier molecular flexibility index (Phi) is 6.90. The highest BCUT2D eigenvalue weighted by Crippen LogP contribution is 2.14. The van der Waals surface area contributed by atoms with Crippen LogP contribution in [0.15, 0.2) is 0 Å². The summed E-state index contributed by atoms with van der Waals surface area (Å²) in [5, 5.41) is 0. The Morgan fingerprint density at radius 1 is 0.947 bits per heavy atom. The van der Waals surface area contributed by atoms with E-state index in [1.807, 2.05) is 0 Å². The van der Waals surface area contributed by atoms with Crippen molar-refractivity contribution >= 4 is 20.2 Å². The lowest BCUT2D eigenvalue weighted by Crippen LogP contribution is -2.32. The van der Waals surface area contributed by atoms with Gasteiger partial charge in [0.05, 0.1) is 37.4 Å². The summed E-state index contributed by atoms with van der Waals surface area (Å²) in [4.78, 5) is 0. The Balaban J connectivity index is 4.42. The van der Waals surface area contributed by atoms with E-state index in [9.17, 15) is 16.8 Å². The van der Waals surface area contributed by atoms with Gasteiger partial charge in [0.1, 0.15) is 0 Å². The topological polar surface area (TPSA) is 96.0 Å². The Labute approximate surface area is 115 Å². The van der Waals surface area contributed by atoms with Crippen molar-refractivity contribution in [3.8, 4) is 0 Å². The van der Waals surface area contributed by atoms with Crippen molar-refractivity contribution in [1.82, 2.24) is 0 Å². The van der Waals surface area contributed by atoms with Gasteiger partial charge in [-0.15, -0.1) is 0 Å². The van der Waals surface area contributed by atoms with Crippen LogP contribution in [0.3, 0.4) is 0 Å². The molecule has 9 heteroatoms. The first-order chi connectivity index (χ1) is 8.29. The fourth-order valence-corrected chi connectivity index (χ4v) is 2.00. The van der Waals surface area contributed by atoms with Crippen LogP contribution in [0.1, 0.15) is 27.2 Å². The molecule has 19 heavy (non-hydrogen) atoms. The highest BCUT2D eigenvalue weighted by molar-refractivity contribution is 7.86.